The minimum atomic E-state index is -3.58. The van der Waals surface area contributed by atoms with E-state index in [9.17, 15) is 8.42 Å². The van der Waals surface area contributed by atoms with Crippen LogP contribution >= 0.6 is 0 Å². The van der Waals surface area contributed by atoms with E-state index in [1.165, 1.54) is 0 Å². The fourth-order valence-electron chi connectivity index (χ4n) is 1.82. The average molecular weight is 291 g/mol. The quantitative estimate of drug-likeness (QED) is 0.883. The van der Waals surface area contributed by atoms with Gasteiger partial charge in [0.05, 0.1) is 10.6 Å². The molecule has 0 radical (unpaired) electrons. The van der Waals surface area contributed by atoms with Crippen LogP contribution in [0.25, 0.3) is 0 Å². The molecule has 0 unspecified atom stereocenters. The highest BCUT2D eigenvalue weighted by Crippen LogP contribution is 2.19. The molecular weight excluding hydrogens is 274 g/mol. The number of aryl methyl sites for hydroxylation is 1. The topological polar surface area (TPSA) is 71.1 Å². The molecule has 2 N–H and O–H groups in total. The molecule has 20 heavy (non-hydrogen) atoms. The van der Waals surface area contributed by atoms with Gasteiger partial charge in [-0.25, -0.2) is 8.42 Å². The monoisotopic (exact) mass is 291 g/mol. The van der Waals surface area contributed by atoms with Crippen molar-refractivity contribution < 1.29 is 8.42 Å². The van der Waals surface area contributed by atoms with Crippen molar-refractivity contribution in [2.75, 3.05) is 11.8 Å². The van der Waals surface area contributed by atoms with Gasteiger partial charge in [-0.2, -0.15) is 0 Å². The molecule has 106 valence electrons. The number of rotatable bonds is 5. The molecule has 0 saturated heterocycles. The van der Waals surface area contributed by atoms with Crippen LogP contribution in [0.15, 0.2) is 47.6 Å². The molecule has 1 aromatic carbocycles. The van der Waals surface area contributed by atoms with Crippen molar-refractivity contribution in [3.05, 3.63) is 53.9 Å². The summed E-state index contributed by atoms with van der Waals surface area (Å²) < 4.78 is 27.3. The van der Waals surface area contributed by atoms with Crippen LogP contribution in [-0.4, -0.2) is 20.4 Å². The Kier molecular flexibility index (Phi) is 4.36. The summed E-state index contributed by atoms with van der Waals surface area (Å²) in [6.07, 6.45) is 3.18. The molecule has 0 spiro atoms. The maximum atomic E-state index is 12.4. The van der Waals surface area contributed by atoms with Crippen LogP contribution in [0.2, 0.25) is 0 Å². The first kappa shape index (κ1) is 14.5. The van der Waals surface area contributed by atoms with Crippen LogP contribution in [0, 0.1) is 6.92 Å². The summed E-state index contributed by atoms with van der Waals surface area (Å²) in [4.78, 5) is 4.19. The third kappa shape index (κ3) is 3.34. The Morgan fingerprint density at radius 3 is 2.75 bits per heavy atom. The van der Waals surface area contributed by atoms with Gasteiger partial charge >= 0.3 is 0 Å². The second-order valence-electron chi connectivity index (χ2n) is 4.47. The lowest BCUT2D eigenvalue weighted by Gasteiger charge is -2.11. The number of nitrogens with one attached hydrogen (secondary N) is 2. The van der Waals surface area contributed by atoms with E-state index in [0.717, 1.165) is 11.1 Å². The standard InChI is InChI=1S/C14H17N3O2S/c1-11-9-16-7-6-14(11)17-20(18,19)13-5-3-4-12(8-13)10-15-2/h3-9,15H,10H2,1-2H3,(H,16,17). The van der Waals surface area contributed by atoms with Crippen molar-refractivity contribution in [2.24, 2.45) is 0 Å². The van der Waals surface area contributed by atoms with E-state index in [0.29, 0.717) is 12.2 Å². The number of nitrogens with zero attached hydrogens (tertiary/aromatic N) is 1. The van der Waals surface area contributed by atoms with E-state index >= 15 is 0 Å². The molecule has 0 fully saturated rings. The van der Waals surface area contributed by atoms with Gasteiger partial charge in [0.25, 0.3) is 10.0 Å². The predicted octanol–water partition coefficient (Wildman–Crippen LogP) is 1.91. The first-order valence-corrected chi connectivity index (χ1v) is 7.68. The van der Waals surface area contributed by atoms with Gasteiger partial charge in [-0.3, -0.25) is 9.71 Å². The molecule has 0 saturated carbocycles. The highest BCUT2D eigenvalue weighted by atomic mass is 32.2. The molecule has 0 bridgehead atoms. The highest BCUT2D eigenvalue weighted by Gasteiger charge is 2.15. The molecule has 0 atom stereocenters. The number of anilines is 1. The molecule has 1 heterocycles. The maximum Gasteiger partial charge on any atom is 0.261 e. The van der Waals surface area contributed by atoms with Gasteiger partial charge in [-0.1, -0.05) is 12.1 Å². The molecule has 2 aromatic rings. The maximum absolute atomic E-state index is 12.4. The number of pyridine rings is 1. The van der Waals surface area contributed by atoms with E-state index in [1.807, 2.05) is 20.0 Å². The smallest absolute Gasteiger partial charge is 0.261 e. The van der Waals surface area contributed by atoms with E-state index in [4.69, 9.17) is 0 Å². The molecule has 5 nitrogen and oxygen atoms in total. The third-order valence-electron chi connectivity index (χ3n) is 2.85. The lowest BCUT2D eigenvalue weighted by atomic mass is 10.2. The minimum absolute atomic E-state index is 0.251. The average Bonchev–Trinajstić information content (AvgIpc) is 2.42. The SMILES string of the molecule is CNCc1cccc(S(=O)(=O)Nc2ccncc2C)c1. The van der Waals surface area contributed by atoms with Gasteiger partial charge in [0.2, 0.25) is 0 Å². The molecular formula is C14H17N3O2S. The van der Waals surface area contributed by atoms with Crippen molar-refractivity contribution in [1.82, 2.24) is 10.3 Å². The van der Waals surface area contributed by atoms with Gasteiger partial charge in [0, 0.05) is 18.9 Å². The largest absolute Gasteiger partial charge is 0.316 e. The Labute approximate surface area is 119 Å². The Bertz CT molecular complexity index is 699. The zero-order chi connectivity index (χ0) is 14.6. The molecule has 0 aliphatic heterocycles. The van der Waals surface area contributed by atoms with Crippen LogP contribution in [-0.2, 0) is 16.6 Å². The van der Waals surface area contributed by atoms with Crippen molar-refractivity contribution in [2.45, 2.75) is 18.4 Å². The zero-order valence-electron chi connectivity index (χ0n) is 11.4. The van der Waals surface area contributed by atoms with Gasteiger partial charge in [0.15, 0.2) is 0 Å². The molecule has 0 aliphatic rings. The van der Waals surface area contributed by atoms with Gasteiger partial charge in [-0.15, -0.1) is 0 Å². The summed E-state index contributed by atoms with van der Waals surface area (Å²) in [6, 6.07) is 8.51. The lowest BCUT2D eigenvalue weighted by Crippen LogP contribution is -2.14. The zero-order valence-corrected chi connectivity index (χ0v) is 12.2. The summed E-state index contributed by atoms with van der Waals surface area (Å²) in [5.41, 5.74) is 2.24. The van der Waals surface area contributed by atoms with Crippen molar-refractivity contribution in [3.63, 3.8) is 0 Å². The summed E-state index contributed by atoms with van der Waals surface area (Å²) >= 11 is 0. The molecule has 6 heteroatoms. The van der Waals surface area contributed by atoms with E-state index < -0.39 is 10.0 Å². The van der Waals surface area contributed by atoms with Crippen molar-refractivity contribution in [3.8, 4) is 0 Å². The van der Waals surface area contributed by atoms with Crippen molar-refractivity contribution in [1.29, 1.82) is 0 Å². The normalized spacial score (nSPS) is 11.3. The number of aromatic nitrogens is 1. The first-order chi connectivity index (χ1) is 9.53. The fraction of sp³-hybridized carbons (Fsp3) is 0.214. The van der Waals surface area contributed by atoms with Gasteiger partial charge in [0.1, 0.15) is 0 Å². The Balaban J connectivity index is 2.31. The van der Waals surface area contributed by atoms with E-state index in [-0.39, 0.29) is 4.90 Å². The Morgan fingerprint density at radius 2 is 2.05 bits per heavy atom. The molecule has 1 aromatic heterocycles. The second-order valence-corrected chi connectivity index (χ2v) is 6.16. The van der Waals surface area contributed by atoms with Crippen LogP contribution in [0.3, 0.4) is 0 Å². The predicted molar refractivity (Wildman–Crippen MR) is 79.0 cm³/mol. The summed E-state index contributed by atoms with van der Waals surface area (Å²) in [7, 11) is -1.76. The lowest BCUT2D eigenvalue weighted by molar-refractivity contribution is 0.601. The van der Waals surface area contributed by atoms with Crippen LogP contribution < -0.4 is 10.0 Å². The summed E-state index contributed by atoms with van der Waals surface area (Å²) in [5, 5.41) is 3.00. The first-order valence-electron chi connectivity index (χ1n) is 6.20. The number of hydrogen-bond acceptors (Lipinski definition) is 4. The second kappa shape index (κ2) is 6.02. The van der Waals surface area contributed by atoms with E-state index in [1.54, 1.807) is 36.7 Å². The van der Waals surface area contributed by atoms with E-state index in [2.05, 4.69) is 15.0 Å². The Morgan fingerprint density at radius 1 is 1.25 bits per heavy atom. The number of sulfonamides is 1. The summed E-state index contributed by atoms with van der Waals surface area (Å²) in [6.45, 7) is 2.43. The molecule has 2 rings (SSSR count). The number of benzene rings is 1. The highest BCUT2D eigenvalue weighted by molar-refractivity contribution is 7.92. The van der Waals surface area contributed by atoms with Gasteiger partial charge in [-0.05, 0) is 43.3 Å². The van der Waals surface area contributed by atoms with Crippen LogP contribution in [0.4, 0.5) is 5.69 Å². The fourth-order valence-corrected chi connectivity index (χ4v) is 3.02. The molecule has 0 aliphatic carbocycles. The Hall–Kier alpha value is -1.92. The summed E-state index contributed by atoms with van der Waals surface area (Å²) in [5.74, 6) is 0. The third-order valence-corrected chi connectivity index (χ3v) is 4.22. The molecule has 0 amide bonds. The number of hydrogen-bond donors (Lipinski definition) is 2. The van der Waals surface area contributed by atoms with Crippen molar-refractivity contribution >= 4 is 15.7 Å². The minimum Gasteiger partial charge on any atom is -0.316 e. The van der Waals surface area contributed by atoms with Gasteiger partial charge < -0.3 is 5.32 Å². The van der Waals surface area contributed by atoms with Crippen LogP contribution in [0.5, 0.6) is 0 Å². The van der Waals surface area contributed by atoms with Crippen LogP contribution in [0.1, 0.15) is 11.1 Å².